The van der Waals surface area contributed by atoms with Gasteiger partial charge in [0.15, 0.2) is 35.0 Å². The van der Waals surface area contributed by atoms with Crippen molar-refractivity contribution in [2.24, 2.45) is 5.92 Å². The van der Waals surface area contributed by atoms with E-state index < -0.39 is 94.1 Å². The number of amides is 5. The predicted molar refractivity (Wildman–Crippen MR) is 267 cm³/mol. The second kappa shape index (κ2) is 22.7. The first-order valence-electron chi connectivity index (χ1n) is 24.1. The first-order valence-corrected chi connectivity index (χ1v) is 28.9. The lowest BCUT2D eigenvalue weighted by Gasteiger charge is -2.24. The third-order valence-electron chi connectivity index (χ3n) is 13.1. The summed E-state index contributed by atoms with van der Waals surface area (Å²) in [6, 6.07) is 4.50. The minimum absolute atomic E-state index is 0.00390. The van der Waals surface area contributed by atoms with E-state index in [2.05, 4.69) is 45.9 Å². The lowest BCUT2D eigenvalue weighted by Crippen LogP contribution is -2.53. The molecule has 3 saturated heterocycles. The maximum absolute atomic E-state index is 16.8. The lowest BCUT2D eigenvalue weighted by molar-refractivity contribution is -0.137. The van der Waals surface area contributed by atoms with E-state index in [1.807, 2.05) is 0 Å². The van der Waals surface area contributed by atoms with Crippen molar-refractivity contribution in [3.8, 4) is 5.88 Å². The molecule has 5 aromatic rings. The lowest BCUT2D eigenvalue weighted by atomic mass is 10.0. The van der Waals surface area contributed by atoms with Crippen molar-refractivity contribution in [3.05, 3.63) is 67.3 Å². The van der Waals surface area contributed by atoms with Crippen molar-refractivity contribution in [1.29, 1.82) is 0 Å². The molecule has 31 heteroatoms. The number of carbonyl (C=O) groups is 5. The Labute approximate surface area is 436 Å². The normalized spacial score (nSPS) is 27.6. The van der Waals surface area contributed by atoms with Crippen LogP contribution in [0.2, 0.25) is 0 Å². The largest absolute Gasteiger partial charge is 0.492 e. The Balaban J connectivity index is 0.846. The van der Waals surface area contributed by atoms with E-state index in [-0.39, 0.29) is 82.8 Å². The summed E-state index contributed by atoms with van der Waals surface area (Å²) >= 11 is 0.763. The minimum Gasteiger partial charge on any atom is -0.492 e. The van der Waals surface area contributed by atoms with Crippen LogP contribution in [0.4, 0.5) is 15.9 Å². The molecule has 0 spiro atoms. The van der Waals surface area contributed by atoms with Gasteiger partial charge in [0.2, 0.25) is 23.6 Å². The van der Waals surface area contributed by atoms with Crippen LogP contribution in [0.15, 0.2) is 61.7 Å². The molecule has 0 bridgehead atoms. The molecule has 4 aliphatic heterocycles. The molecule has 0 radical (unpaired) electrons. The summed E-state index contributed by atoms with van der Waals surface area (Å²) < 4.78 is 78.9. The Kier molecular flexibility index (Phi) is 16.3. The van der Waals surface area contributed by atoms with Gasteiger partial charge in [0.25, 0.3) is 11.8 Å². The highest BCUT2D eigenvalue weighted by Crippen LogP contribution is 2.66. The van der Waals surface area contributed by atoms with Crippen LogP contribution in [0.3, 0.4) is 0 Å². The molecule has 1 aromatic carbocycles. The number of halogens is 1. The smallest absolute Gasteiger partial charge is 0.389 e. The Morgan fingerprint density at radius 2 is 1.53 bits per heavy atom. The second-order valence-electron chi connectivity index (χ2n) is 18.7. The maximum Gasteiger partial charge on any atom is 0.389 e. The van der Waals surface area contributed by atoms with Crippen LogP contribution in [-0.2, 0) is 61.9 Å². The monoisotopic (exact) mass is 1110 g/mol. The van der Waals surface area contributed by atoms with Gasteiger partial charge in [-0.3, -0.25) is 51.6 Å². The van der Waals surface area contributed by atoms with E-state index in [1.54, 1.807) is 38.1 Å². The van der Waals surface area contributed by atoms with Crippen molar-refractivity contribution < 1.29 is 70.5 Å². The van der Waals surface area contributed by atoms with Crippen molar-refractivity contribution in [3.63, 3.8) is 0 Å². The van der Waals surface area contributed by atoms with Crippen LogP contribution < -0.4 is 21.7 Å². The van der Waals surface area contributed by atoms with Crippen molar-refractivity contribution in [2.75, 3.05) is 30.8 Å². The number of nitrogens with zero attached hydrogens (tertiary/aromatic N) is 9. The quantitative estimate of drug-likeness (QED) is 0.0440. The average Bonchev–Trinajstić information content (AvgIpc) is 4.24. The molecule has 9 rings (SSSR count). The Hall–Kier alpha value is -6.29. The number of imidazole rings is 2. The SMILES string of the molecule is CC(C)[C@H](NC(=O)CCCCCN1C(=O)C=CC1=O)C(=O)N[C@@H](C)C(=O)Nc1ccc(CSP2(=O)OC[C@H]3O[C@@H](n4cnc5c(N)ncnc54)[C@H](F)[C@@H]3P(=O)(O)OC[C@H]3O[C@@H](n4cnc5c(O)ncnc54)C[C@@H]3O2)cc1. The molecule has 8 heterocycles. The molecule has 76 heavy (non-hydrogen) atoms. The minimum atomic E-state index is -4.98. The fourth-order valence-corrected chi connectivity index (χ4v) is 14.0. The van der Waals surface area contributed by atoms with E-state index in [0.29, 0.717) is 30.5 Å². The summed E-state index contributed by atoms with van der Waals surface area (Å²) in [4.78, 5) is 99.9. The van der Waals surface area contributed by atoms with E-state index in [9.17, 15) is 38.5 Å². The summed E-state index contributed by atoms with van der Waals surface area (Å²) in [6.45, 7) is -0.473. The number of nitrogens with one attached hydrogen (secondary N) is 3. The molecular formula is C45H54FN13O14P2S. The van der Waals surface area contributed by atoms with Crippen LogP contribution in [-0.4, -0.2) is 145 Å². The van der Waals surface area contributed by atoms with Gasteiger partial charge in [-0.2, -0.15) is 4.98 Å². The van der Waals surface area contributed by atoms with Gasteiger partial charge in [-0.25, -0.2) is 33.9 Å². The summed E-state index contributed by atoms with van der Waals surface area (Å²) in [7, 11) is -4.98. The number of aromatic nitrogens is 8. The highest BCUT2D eigenvalue weighted by molar-refractivity contribution is 8.54. The molecule has 3 fully saturated rings. The predicted octanol–water partition coefficient (Wildman–Crippen LogP) is 3.57. The van der Waals surface area contributed by atoms with Gasteiger partial charge in [0.05, 0.1) is 25.9 Å². The Bertz CT molecular complexity index is 3130. The molecule has 2 unspecified atom stereocenters. The van der Waals surface area contributed by atoms with Gasteiger partial charge in [0, 0.05) is 43.0 Å². The number of unbranched alkanes of at least 4 members (excludes halogenated alkanes) is 2. The highest BCUT2D eigenvalue weighted by Gasteiger charge is 2.58. The average molecular weight is 1110 g/mol. The van der Waals surface area contributed by atoms with Crippen molar-refractivity contribution in [2.45, 2.75) is 113 Å². The first-order chi connectivity index (χ1) is 36.3. The number of ether oxygens (including phenoxy) is 2. The zero-order valence-corrected chi connectivity index (χ0v) is 43.6. The number of hydrogen-bond acceptors (Lipinski definition) is 21. The fraction of sp³-hybridized carbons (Fsp3) is 0.489. The van der Waals surface area contributed by atoms with Crippen LogP contribution in [0.25, 0.3) is 22.3 Å². The number of hydrogen-bond donors (Lipinski definition) is 6. The van der Waals surface area contributed by atoms with E-state index in [4.69, 9.17) is 28.8 Å². The number of nitrogens with two attached hydrogens (primary N) is 1. The number of benzene rings is 1. The van der Waals surface area contributed by atoms with Gasteiger partial charge in [-0.1, -0.05) is 32.4 Å². The highest BCUT2D eigenvalue weighted by atomic mass is 32.7. The summed E-state index contributed by atoms with van der Waals surface area (Å²) in [6.07, 6.45) is 0.269. The number of alkyl halides is 1. The van der Waals surface area contributed by atoms with Crippen LogP contribution in [0.1, 0.15) is 70.9 Å². The number of imide groups is 1. The maximum atomic E-state index is 16.8. The van der Waals surface area contributed by atoms with E-state index >= 15 is 8.96 Å². The van der Waals surface area contributed by atoms with Gasteiger partial charge >= 0.3 is 14.4 Å². The molecule has 406 valence electrons. The summed E-state index contributed by atoms with van der Waals surface area (Å²) in [5.41, 5.74) is 5.49. The number of nitrogen functional groups attached to an aromatic ring is 1. The number of rotatable bonds is 17. The van der Waals surface area contributed by atoms with Gasteiger partial charge in [0.1, 0.15) is 60.5 Å². The number of anilines is 2. The van der Waals surface area contributed by atoms with Gasteiger partial charge in [-0.15, -0.1) is 0 Å². The molecule has 4 aromatic heterocycles. The second-order valence-corrected chi connectivity index (χ2v) is 24.7. The molecule has 5 amide bonds. The molecule has 0 saturated carbocycles. The van der Waals surface area contributed by atoms with Gasteiger partial charge in [-0.05, 0) is 54.8 Å². The van der Waals surface area contributed by atoms with Crippen LogP contribution in [0, 0.1) is 5.92 Å². The van der Waals surface area contributed by atoms with Crippen molar-refractivity contribution in [1.82, 2.24) is 54.6 Å². The number of fused-ring (bicyclic) bond motifs is 4. The third kappa shape index (κ3) is 11.8. The van der Waals surface area contributed by atoms with Crippen molar-refractivity contribution >= 4 is 89.1 Å². The molecular weight excluding hydrogens is 1060 g/mol. The number of aromatic hydroxyl groups is 1. The molecule has 7 N–H and O–H groups in total. The molecule has 0 aliphatic carbocycles. The standard InChI is InChI=1S/C45H54FN13O14P2S/c1-23(2)35(56-30(60)7-5-4-6-14-57-31(61)12-13-32(57)62)44(65)54-24(3)42(63)55-26-10-8-25(9-11-26)18-76-75(68)70-17-29-38(34(46)45(72-29)59-22-52-36-39(47)48-19-49-40(36)59)74(66,67)69-16-28-27(73-75)15-33(71-28)58-21-53-37-41(58)50-20-51-43(37)64/h8-13,19-24,27-29,33-35,38,45H,4-7,14-18H2,1-3H3,(H,54,65)(H,55,63)(H,56,60)(H,66,67)(H2,47,48,49)(H,50,51,64)/t24-,27-,28+,29+,33+,34+,35-,38+,45+,75?/m0/s1. The Morgan fingerprint density at radius 1 is 0.842 bits per heavy atom. The fourth-order valence-electron chi connectivity index (χ4n) is 9.01. The molecule has 4 aliphatic rings. The summed E-state index contributed by atoms with van der Waals surface area (Å²) in [5.74, 6) is -2.93. The van der Waals surface area contributed by atoms with E-state index in [1.165, 1.54) is 40.9 Å². The van der Waals surface area contributed by atoms with Crippen LogP contribution >= 0.6 is 25.8 Å². The van der Waals surface area contributed by atoms with Gasteiger partial charge < -0.3 is 45.7 Å². The van der Waals surface area contributed by atoms with Crippen LogP contribution in [0.5, 0.6) is 5.88 Å². The van der Waals surface area contributed by atoms with E-state index in [0.717, 1.165) is 28.9 Å². The Morgan fingerprint density at radius 3 is 2.26 bits per heavy atom. The first kappa shape index (κ1) is 54.5. The molecule has 27 nitrogen and oxygen atoms in total. The number of carbonyl (C=O) groups excluding carboxylic acids is 5. The zero-order chi connectivity index (χ0) is 54.1. The summed E-state index contributed by atoms with van der Waals surface area (Å²) in [5, 5.41) is 18.4. The topological polar surface area (TPSA) is 359 Å². The zero-order valence-electron chi connectivity index (χ0n) is 41.0. The third-order valence-corrected chi connectivity index (χ3v) is 18.6. The molecule has 11 atom stereocenters.